The number of hydrogen-bond acceptors (Lipinski definition) is 3. The van der Waals surface area contributed by atoms with Crippen LogP contribution in [0.1, 0.15) is 37.7 Å². The number of ether oxygens (including phenoxy) is 1. The Bertz CT molecular complexity index is 729. The van der Waals surface area contributed by atoms with Crippen LogP contribution in [0, 0.1) is 5.41 Å². The molecule has 3 heteroatoms. The summed E-state index contributed by atoms with van der Waals surface area (Å²) in [5, 5.41) is 13.0. The molecule has 0 unspecified atom stereocenters. The molecule has 24 heavy (non-hydrogen) atoms. The zero-order valence-electron chi connectivity index (χ0n) is 14.5. The van der Waals surface area contributed by atoms with Gasteiger partial charge in [-0.15, -0.1) is 0 Å². The minimum Gasteiger partial charge on any atom is -0.496 e. The van der Waals surface area contributed by atoms with E-state index in [1.807, 2.05) is 0 Å². The Kier molecular flexibility index (Phi) is 4.23. The molecular formula is C21H27NO2. The van der Waals surface area contributed by atoms with Gasteiger partial charge in [-0.1, -0.05) is 36.8 Å². The lowest BCUT2D eigenvalue weighted by Gasteiger charge is -2.42. The maximum absolute atomic E-state index is 10.5. The normalized spacial score (nSPS) is 27.8. The summed E-state index contributed by atoms with van der Waals surface area (Å²) in [5.74, 6) is 0.940. The number of hydrogen-bond donors (Lipinski definition) is 1. The van der Waals surface area contributed by atoms with Crippen molar-refractivity contribution in [2.75, 3.05) is 20.2 Å². The highest BCUT2D eigenvalue weighted by Gasteiger charge is 2.44. The van der Waals surface area contributed by atoms with Crippen LogP contribution in [0.5, 0.6) is 5.75 Å². The number of nitrogens with zero attached hydrogens (tertiary/aromatic N) is 1. The fraction of sp³-hybridized carbons (Fsp3) is 0.524. The summed E-state index contributed by atoms with van der Waals surface area (Å²) in [4.78, 5) is 2.55. The molecule has 1 saturated carbocycles. The zero-order valence-corrected chi connectivity index (χ0v) is 14.5. The number of aliphatic hydroxyl groups excluding tert-OH is 1. The first-order valence-corrected chi connectivity index (χ1v) is 9.17. The first kappa shape index (κ1) is 15.9. The Morgan fingerprint density at radius 1 is 1.12 bits per heavy atom. The monoisotopic (exact) mass is 325 g/mol. The van der Waals surface area contributed by atoms with E-state index in [0.717, 1.165) is 31.8 Å². The molecule has 128 valence electrons. The average Bonchev–Trinajstić information content (AvgIpc) is 2.95. The van der Waals surface area contributed by atoms with E-state index in [9.17, 15) is 5.11 Å². The molecule has 1 heterocycles. The van der Waals surface area contributed by atoms with Crippen LogP contribution < -0.4 is 4.74 Å². The van der Waals surface area contributed by atoms with Crippen molar-refractivity contribution in [1.82, 2.24) is 4.90 Å². The van der Waals surface area contributed by atoms with Gasteiger partial charge in [-0.3, -0.25) is 4.90 Å². The van der Waals surface area contributed by atoms with Gasteiger partial charge in [0.25, 0.3) is 0 Å². The first-order chi connectivity index (χ1) is 11.7. The zero-order chi connectivity index (χ0) is 16.6. The fourth-order valence-corrected chi connectivity index (χ4v) is 4.88. The topological polar surface area (TPSA) is 32.7 Å². The summed E-state index contributed by atoms with van der Waals surface area (Å²) in [6, 6.07) is 12.8. The van der Waals surface area contributed by atoms with Crippen LogP contribution in [0.15, 0.2) is 36.4 Å². The SMILES string of the molecule is COc1ccc(CN2CCC[C@]3(CCC[C@H]3O)C2)c2ccccc12. The Morgan fingerprint density at radius 3 is 2.67 bits per heavy atom. The van der Waals surface area contributed by atoms with E-state index in [-0.39, 0.29) is 11.5 Å². The van der Waals surface area contributed by atoms with E-state index in [2.05, 4.69) is 41.3 Å². The van der Waals surface area contributed by atoms with Crippen LogP contribution in [0.3, 0.4) is 0 Å². The first-order valence-electron chi connectivity index (χ1n) is 9.17. The molecule has 0 radical (unpaired) electrons. The van der Waals surface area contributed by atoms with E-state index in [1.165, 1.54) is 42.0 Å². The smallest absolute Gasteiger partial charge is 0.126 e. The molecule has 1 aliphatic heterocycles. The van der Waals surface area contributed by atoms with Gasteiger partial charge in [-0.2, -0.15) is 0 Å². The number of aliphatic hydroxyl groups is 1. The second-order valence-electron chi connectivity index (χ2n) is 7.56. The minimum absolute atomic E-state index is 0.104. The molecule has 0 amide bonds. The molecule has 1 saturated heterocycles. The largest absolute Gasteiger partial charge is 0.496 e. The van der Waals surface area contributed by atoms with Gasteiger partial charge in [0.2, 0.25) is 0 Å². The van der Waals surface area contributed by atoms with Crippen LogP contribution in [0.2, 0.25) is 0 Å². The van der Waals surface area contributed by atoms with E-state index >= 15 is 0 Å². The molecule has 2 aromatic rings. The molecule has 2 atom stereocenters. The number of benzene rings is 2. The molecule has 2 aliphatic rings. The second kappa shape index (κ2) is 6.38. The molecule has 4 rings (SSSR count). The lowest BCUT2D eigenvalue weighted by molar-refractivity contribution is -0.0119. The number of methoxy groups -OCH3 is 1. The van der Waals surface area contributed by atoms with Gasteiger partial charge in [0, 0.05) is 23.9 Å². The van der Waals surface area contributed by atoms with Crippen LogP contribution in [0.4, 0.5) is 0 Å². The van der Waals surface area contributed by atoms with Crippen molar-refractivity contribution < 1.29 is 9.84 Å². The van der Waals surface area contributed by atoms with E-state index < -0.39 is 0 Å². The summed E-state index contributed by atoms with van der Waals surface area (Å²) >= 11 is 0. The number of fused-ring (bicyclic) bond motifs is 1. The van der Waals surface area contributed by atoms with Crippen LogP contribution in [0.25, 0.3) is 10.8 Å². The van der Waals surface area contributed by atoms with Gasteiger partial charge in [0.15, 0.2) is 0 Å². The van der Waals surface area contributed by atoms with E-state index in [1.54, 1.807) is 7.11 Å². The van der Waals surface area contributed by atoms with Gasteiger partial charge in [0.05, 0.1) is 13.2 Å². The maximum Gasteiger partial charge on any atom is 0.126 e. The highest BCUT2D eigenvalue weighted by Crippen LogP contribution is 2.45. The number of rotatable bonds is 3. The van der Waals surface area contributed by atoms with Crippen molar-refractivity contribution in [2.24, 2.45) is 5.41 Å². The summed E-state index contributed by atoms with van der Waals surface area (Å²) < 4.78 is 5.52. The van der Waals surface area contributed by atoms with Crippen molar-refractivity contribution in [1.29, 1.82) is 0 Å². The quantitative estimate of drug-likeness (QED) is 0.926. The number of likely N-dealkylation sites (tertiary alicyclic amines) is 1. The molecule has 2 fully saturated rings. The summed E-state index contributed by atoms with van der Waals surface area (Å²) in [6.45, 7) is 3.13. The van der Waals surface area contributed by atoms with E-state index in [0.29, 0.717) is 0 Å². The third-order valence-corrected chi connectivity index (χ3v) is 6.13. The molecule has 0 aromatic heterocycles. The molecular weight excluding hydrogens is 298 g/mol. The minimum atomic E-state index is -0.104. The standard InChI is InChI=1S/C21H27NO2/c1-24-19-10-9-16(17-6-2-3-7-18(17)19)14-22-13-5-12-21(15-22)11-4-8-20(21)23/h2-3,6-7,9-10,20,23H,4-5,8,11-15H2,1H3/t20-,21-/m1/s1. The lowest BCUT2D eigenvalue weighted by atomic mass is 9.76. The molecule has 0 bridgehead atoms. The molecule has 1 N–H and O–H groups in total. The molecule has 2 aromatic carbocycles. The Hall–Kier alpha value is -1.58. The second-order valence-corrected chi connectivity index (χ2v) is 7.56. The van der Waals surface area contributed by atoms with Crippen LogP contribution in [-0.2, 0) is 6.54 Å². The fourth-order valence-electron chi connectivity index (χ4n) is 4.88. The third kappa shape index (κ3) is 2.70. The van der Waals surface area contributed by atoms with Gasteiger partial charge in [0.1, 0.15) is 5.75 Å². The molecule has 3 nitrogen and oxygen atoms in total. The lowest BCUT2D eigenvalue weighted by Crippen LogP contribution is -2.46. The predicted molar refractivity (Wildman–Crippen MR) is 97.3 cm³/mol. The van der Waals surface area contributed by atoms with Gasteiger partial charge in [-0.25, -0.2) is 0 Å². The summed E-state index contributed by atoms with van der Waals surface area (Å²) in [7, 11) is 1.73. The van der Waals surface area contributed by atoms with Gasteiger partial charge >= 0.3 is 0 Å². The Balaban J connectivity index is 1.60. The maximum atomic E-state index is 10.5. The Morgan fingerprint density at radius 2 is 1.92 bits per heavy atom. The van der Waals surface area contributed by atoms with Gasteiger partial charge < -0.3 is 9.84 Å². The average molecular weight is 325 g/mol. The van der Waals surface area contributed by atoms with Crippen molar-refractivity contribution in [2.45, 2.75) is 44.8 Å². The Labute approximate surface area is 144 Å². The highest BCUT2D eigenvalue weighted by molar-refractivity contribution is 5.91. The van der Waals surface area contributed by atoms with E-state index in [4.69, 9.17) is 4.74 Å². The molecule has 1 aliphatic carbocycles. The predicted octanol–water partition coefficient (Wildman–Crippen LogP) is 3.98. The van der Waals surface area contributed by atoms with Crippen molar-refractivity contribution in [3.05, 3.63) is 42.0 Å². The van der Waals surface area contributed by atoms with Crippen LogP contribution >= 0.6 is 0 Å². The third-order valence-electron chi connectivity index (χ3n) is 6.13. The molecule has 1 spiro atoms. The summed E-state index contributed by atoms with van der Waals surface area (Å²) in [6.07, 6.45) is 5.64. The van der Waals surface area contributed by atoms with Crippen LogP contribution in [-0.4, -0.2) is 36.3 Å². The van der Waals surface area contributed by atoms with Crippen molar-refractivity contribution in [3.63, 3.8) is 0 Å². The van der Waals surface area contributed by atoms with Gasteiger partial charge in [-0.05, 0) is 49.2 Å². The summed E-state index contributed by atoms with van der Waals surface area (Å²) in [5.41, 5.74) is 1.51. The van der Waals surface area contributed by atoms with Crippen molar-refractivity contribution in [3.8, 4) is 5.75 Å². The van der Waals surface area contributed by atoms with Crippen molar-refractivity contribution >= 4 is 10.8 Å². The number of piperidine rings is 1. The highest BCUT2D eigenvalue weighted by atomic mass is 16.5.